The molecule has 0 saturated heterocycles. The first-order chi connectivity index (χ1) is 14.0. The van der Waals surface area contributed by atoms with Crippen LogP contribution >= 0.6 is 11.6 Å². The second-order valence-electron chi connectivity index (χ2n) is 5.65. The Bertz CT molecular complexity index is 938. The molecule has 29 heavy (non-hydrogen) atoms. The van der Waals surface area contributed by atoms with Gasteiger partial charge in [-0.05, 0) is 44.2 Å². The van der Waals surface area contributed by atoms with Gasteiger partial charge in [0.2, 0.25) is 0 Å². The maximum Gasteiger partial charge on any atom is 0.267 e. The summed E-state index contributed by atoms with van der Waals surface area (Å²) in [6.07, 6.45) is 1.33. The van der Waals surface area contributed by atoms with Crippen LogP contribution in [0, 0.1) is 11.3 Å². The fourth-order valence-corrected chi connectivity index (χ4v) is 2.65. The van der Waals surface area contributed by atoms with Crippen molar-refractivity contribution in [3.8, 4) is 23.3 Å². The predicted octanol–water partition coefficient (Wildman–Crippen LogP) is 4.60. The third kappa shape index (κ3) is 6.06. The molecule has 8 heteroatoms. The number of ether oxygens (including phenoxy) is 3. The van der Waals surface area contributed by atoms with E-state index in [1.54, 1.807) is 36.4 Å². The first kappa shape index (κ1) is 21.9. The van der Waals surface area contributed by atoms with Gasteiger partial charge >= 0.3 is 0 Å². The van der Waals surface area contributed by atoms with Crippen molar-refractivity contribution >= 4 is 28.9 Å². The summed E-state index contributed by atoms with van der Waals surface area (Å²) in [4.78, 5) is 12.4. The lowest BCUT2D eigenvalue weighted by Crippen LogP contribution is -2.14. The Kier molecular flexibility index (Phi) is 8.19. The Morgan fingerprint density at radius 2 is 1.72 bits per heavy atom. The Morgan fingerprint density at radius 3 is 2.34 bits per heavy atom. The lowest BCUT2D eigenvalue weighted by Gasteiger charge is -2.12. The molecule has 2 N–H and O–H groups in total. The zero-order valence-corrected chi connectivity index (χ0v) is 17.2. The van der Waals surface area contributed by atoms with E-state index in [1.807, 2.05) is 19.9 Å². The van der Waals surface area contributed by atoms with Gasteiger partial charge in [0, 0.05) is 23.6 Å². The Balaban J connectivity index is 2.13. The summed E-state index contributed by atoms with van der Waals surface area (Å²) in [7, 11) is 1.50. The normalized spacial score (nSPS) is 10.7. The molecule has 0 aliphatic rings. The van der Waals surface area contributed by atoms with E-state index in [0.717, 1.165) is 0 Å². The zero-order valence-electron chi connectivity index (χ0n) is 16.4. The molecule has 0 aliphatic carbocycles. The summed E-state index contributed by atoms with van der Waals surface area (Å²) < 4.78 is 16.2. The van der Waals surface area contributed by atoms with Gasteiger partial charge in [0.05, 0.1) is 25.3 Å². The Morgan fingerprint density at radius 1 is 1.07 bits per heavy atom. The highest BCUT2D eigenvalue weighted by Crippen LogP contribution is 2.31. The monoisotopic (exact) mass is 415 g/mol. The fraction of sp³-hybridized carbons (Fsp3) is 0.238. The van der Waals surface area contributed by atoms with E-state index in [-0.39, 0.29) is 5.57 Å². The van der Waals surface area contributed by atoms with Crippen LogP contribution in [0.3, 0.4) is 0 Å². The van der Waals surface area contributed by atoms with Crippen molar-refractivity contribution in [1.82, 2.24) is 0 Å². The smallest absolute Gasteiger partial charge is 0.267 e. The molecule has 0 bridgehead atoms. The van der Waals surface area contributed by atoms with Crippen LogP contribution in [-0.2, 0) is 4.79 Å². The third-order valence-corrected chi connectivity index (χ3v) is 4.00. The van der Waals surface area contributed by atoms with Gasteiger partial charge < -0.3 is 24.8 Å². The van der Waals surface area contributed by atoms with Crippen LogP contribution in [0.1, 0.15) is 13.8 Å². The average Bonchev–Trinajstić information content (AvgIpc) is 2.70. The highest BCUT2D eigenvalue weighted by Gasteiger charge is 2.11. The lowest BCUT2D eigenvalue weighted by atomic mass is 10.2. The van der Waals surface area contributed by atoms with Crippen molar-refractivity contribution < 1.29 is 19.0 Å². The number of halogens is 1. The van der Waals surface area contributed by atoms with Gasteiger partial charge in [-0.15, -0.1) is 0 Å². The maximum absolute atomic E-state index is 12.4. The van der Waals surface area contributed by atoms with Crippen LogP contribution < -0.4 is 24.8 Å². The standard InChI is InChI=1S/C21H22ClN3O4/c1-4-28-19-9-6-15(11-20(19)29-5-2)24-13-14(12-23)21(26)25-16-7-8-18(27-3)17(22)10-16/h6-11,13,24H,4-5H2,1-3H3,(H,25,26)/b14-13-. The van der Waals surface area contributed by atoms with Crippen molar-refractivity contribution in [2.45, 2.75) is 13.8 Å². The molecule has 0 spiro atoms. The van der Waals surface area contributed by atoms with Gasteiger partial charge in [-0.25, -0.2) is 0 Å². The number of amides is 1. The first-order valence-corrected chi connectivity index (χ1v) is 9.31. The van der Waals surface area contributed by atoms with Crippen molar-refractivity contribution in [1.29, 1.82) is 5.26 Å². The minimum absolute atomic E-state index is 0.108. The van der Waals surface area contributed by atoms with Crippen LogP contribution in [0.2, 0.25) is 5.02 Å². The summed E-state index contributed by atoms with van der Waals surface area (Å²) in [6.45, 7) is 4.76. The molecule has 0 fully saturated rings. The van der Waals surface area contributed by atoms with Gasteiger partial charge in [-0.3, -0.25) is 4.79 Å². The van der Waals surface area contributed by atoms with Crippen molar-refractivity contribution in [3.05, 3.63) is 53.2 Å². The molecule has 1 amide bonds. The molecule has 0 aromatic heterocycles. The van der Waals surface area contributed by atoms with E-state index < -0.39 is 5.91 Å². The Labute approximate surface area is 174 Å². The number of nitrogens with one attached hydrogen (secondary N) is 2. The second kappa shape index (κ2) is 10.8. The van der Waals surface area contributed by atoms with Gasteiger partial charge in [0.15, 0.2) is 11.5 Å². The number of carbonyl (C=O) groups is 1. The predicted molar refractivity (Wildman–Crippen MR) is 113 cm³/mol. The SMILES string of the molecule is CCOc1ccc(N/C=C(/C#N)C(=O)Nc2ccc(OC)c(Cl)c2)cc1OCC. The van der Waals surface area contributed by atoms with Gasteiger partial charge in [-0.2, -0.15) is 5.26 Å². The van der Waals surface area contributed by atoms with Crippen molar-refractivity contribution in [3.63, 3.8) is 0 Å². The number of benzene rings is 2. The summed E-state index contributed by atoms with van der Waals surface area (Å²) >= 11 is 6.05. The number of rotatable bonds is 9. The van der Waals surface area contributed by atoms with E-state index in [4.69, 9.17) is 25.8 Å². The van der Waals surface area contributed by atoms with E-state index >= 15 is 0 Å². The summed E-state index contributed by atoms with van der Waals surface area (Å²) in [6, 6.07) is 11.9. The molecule has 0 unspecified atom stereocenters. The number of nitriles is 1. The quantitative estimate of drug-likeness (QED) is 0.459. The average molecular weight is 416 g/mol. The van der Waals surface area contributed by atoms with Gasteiger partial charge in [0.1, 0.15) is 17.4 Å². The first-order valence-electron chi connectivity index (χ1n) is 8.93. The molecule has 152 valence electrons. The third-order valence-electron chi connectivity index (χ3n) is 3.70. The summed E-state index contributed by atoms with van der Waals surface area (Å²) in [5.41, 5.74) is 0.982. The van der Waals surface area contributed by atoms with Crippen LogP contribution in [0.25, 0.3) is 0 Å². The molecule has 0 saturated carbocycles. The summed E-state index contributed by atoms with van der Waals surface area (Å²) in [5, 5.41) is 15.2. The number of hydrogen-bond donors (Lipinski definition) is 2. The van der Waals surface area contributed by atoms with Crippen molar-refractivity contribution in [2.75, 3.05) is 31.0 Å². The van der Waals surface area contributed by atoms with Crippen LogP contribution in [0.15, 0.2) is 48.2 Å². The van der Waals surface area contributed by atoms with Gasteiger partial charge in [-0.1, -0.05) is 11.6 Å². The van der Waals surface area contributed by atoms with Gasteiger partial charge in [0.25, 0.3) is 5.91 Å². The number of methoxy groups -OCH3 is 1. The highest BCUT2D eigenvalue weighted by atomic mass is 35.5. The lowest BCUT2D eigenvalue weighted by molar-refractivity contribution is -0.112. The summed E-state index contributed by atoms with van der Waals surface area (Å²) in [5.74, 6) is 1.11. The molecule has 0 atom stereocenters. The topological polar surface area (TPSA) is 92.6 Å². The highest BCUT2D eigenvalue weighted by molar-refractivity contribution is 6.32. The minimum atomic E-state index is -0.572. The fourth-order valence-electron chi connectivity index (χ4n) is 2.39. The van der Waals surface area contributed by atoms with Crippen LogP contribution in [-0.4, -0.2) is 26.2 Å². The van der Waals surface area contributed by atoms with E-state index in [0.29, 0.717) is 46.9 Å². The van der Waals surface area contributed by atoms with E-state index in [1.165, 1.54) is 13.3 Å². The number of anilines is 2. The van der Waals surface area contributed by atoms with Crippen molar-refractivity contribution in [2.24, 2.45) is 0 Å². The maximum atomic E-state index is 12.4. The molecule has 0 aliphatic heterocycles. The molecule has 2 aromatic carbocycles. The van der Waals surface area contributed by atoms with Crippen LogP contribution in [0.5, 0.6) is 17.2 Å². The second-order valence-corrected chi connectivity index (χ2v) is 6.05. The van der Waals surface area contributed by atoms with E-state index in [2.05, 4.69) is 10.6 Å². The molecule has 7 nitrogen and oxygen atoms in total. The zero-order chi connectivity index (χ0) is 21.2. The number of carbonyl (C=O) groups excluding carboxylic acids is 1. The van der Waals surface area contributed by atoms with E-state index in [9.17, 15) is 10.1 Å². The molecule has 0 heterocycles. The molecule has 2 aromatic rings. The van der Waals surface area contributed by atoms with Crippen LogP contribution in [0.4, 0.5) is 11.4 Å². The minimum Gasteiger partial charge on any atom is -0.495 e. The largest absolute Gasteiger partial charge is 0.495 e. The molecule has 2 rings (SSSR count). The number of nitrogens with zero attached hydrogens (tertiary/aromatic N) is 1. The molecular weight excluding hydrogens is 394 g/mol. The molecule has 0 radical (unpaired) electrons. The Hall–Kier alpha value is -3.37. The molecular formula is C21H22ClN3O4. The number of hydrogen-bond acceptors (Lipinski definition) is 6.